The zero-order valence-corrected chi connectivity index (χ0v) is 9.54. The van der Waals surface area contributed by atoms with Crippen LogP contribution in [0, 0.1) is 5.82 Å². The van der Waals surface area contributed by atoms with Gasteiger partial charge in [0, 0.05) is 6.07 Å². The minimum absolute atomic E-state index is 0.0541. The van der Waals surface area contributed by atoms with Crippen molar-refractivity contribution in [2.75, 3.05) is 5.73 Å². The van der Waals surface area contributed by atoms with E-state index in [0.29, 0.717) is 0 Å². The van der Waals surface area contributed by atoms with Gasteiger partial charge < -0.3 is 10.5 Å². The van der Waals surface area contributed by atoms with Gasteiger partial charge in [-0.3, -0.25) is 0 Å². The van der Waals surface area contributed by atoms with Crippen LogP contribution < -0.4 is 10.5 Å². The molecule has 0 amide bonds. The first-order chi connectivity index (χ1) is 8.88. The Morgan fingerprint density at radius 3 is 2.32 bits per heavy atom. The lowest BCUT2D eigenvalue weighted by Gasteiger charge is -2.14. The Morgan fingerprint density at radius 1 is 0.947 bits per heavy atom. The van der Waals surface area contributed by atoms with Crippen LogP contribution in [0.5, 0.6) is 11.5 Å². The molecule has 0 aliphatic rings. The number of halogens is 4. The van der Waals surface area contributed by atoms with Crippen molar-refractivity contribution in [2.45, 2.75) is 6.18 Å². The monoisotopic (exact) mass is 271 g/mol. The molecule has 0 aromatic heterocycles. The molecule has 100 valence electrons. The number of benzene rings is 2. The van der Waals surface area contributed by atoms with Crippen molar-refractivity contribution in [1.29, 1.82) is 0 Å². The molecule has 0 spiro atoms. The Balaban J connectivity index is 2.41. The molecule has 2 aromatic rings. The summed E-state index contributed by atoms with van der Waals surface area (Å²) < 4.78 is 56.3. The smallest absolute Gasteiger partial charge is 0.419 e. The van der Waals surface area contributed by atoms with Gasteiger partial charge in [-0.25, -0.2) is 4.39 Å². The van der Waals surface area contributed by atoms with E-state index in [-0.39, 0.29) is 11.4 Å². The summed E-state index contributed by atoms with van der Waals surface area (Å²) in [5.74, 6) is -1.22. The molecule has 0 fully saturated rings. The molecular weight excluding hydrogens is 262 g/mol. The average Bonchev–Trinajstić information content (AvgIpc) is 2.33. The standard InChI is InChI=1S/C13H9F4NO/c14-8-5-6-10(18)12(7-8)19-11-4-2-1-3-9(11)13(15,16)17/h1-7H,18H2. The van der Waals surface area contributed by atoms with Crippen LogP contribution in [0.3, 0.4) is 0 Å². The minimum Gasteiger partial charge on any atom is -0.454 e. The van der Waals surface area contributed by atoms with Crippen molar-refractivity contribution in [3.8, 4) is 11.5 Å². The largest absolute Gasteiger partial charge is 0.454 e. The predicted molar refractivity (Wildman–Crippen MR) is 62.3 cm³/mol. The second kappa shape index (κ2) is 4.79. The van der Waals surface area contributed by atoms with E-state index in [2.05, 4.69) is 0 Å². The van der Waals surface area contributed by atoms with Crippen molar-refractivity contribution in [3.63, 3.8) is 0 Å². The number of alkyl halides is 3. The normalized spacial score (nSPS) is 11.4. The van der Waals surface area contributed by atoms with Crippen LogP contribution in [-0.2, 0) is 6.18 Å². The fraction of sp³-hybridized carbons (Fsp3) is 0.0769. The number of nitrogen functional groups attached to an aromatic ring is 1. The van der Waals surface area contributed by atoms with Gasteiger partial charge in [-0.15, -0.1) is 0 Å². The minimum atomic E-state index is -4.56. The fourth-order valence-corrected chi connectivity index (χ4v) is 1.50. The number of hydrogen-bond donors (Lipinski definition) is 1. The van der Waals surface area contributed by atoms with Crippen LogP contribution in [0.4, 0.5) is 23.2 Å². The van der Waals surface area contributed by atoms with Gasteiger partial charge in [-0.2, -0.15) is 13.2 Å². The molecule has 2 rings (SSSR count). The maximum absolute atomic E-state index is 13.0. The molecule has 6 heteroatoms. The fourth-order valence-electron chi connectivity index (χ4n) is 1.50. The molecule has 0 heterocycles. The molecular formula is C13H9F4NO. The summed E-state index contributed by atoms with van der Waals surface area (Å²) in [7, 11) is 0. The number of para-hydroxylation sites is 1. The number of ether oxygens (including phenoxy) is 1. The Bertz CT molecular complexity index is 595. The second-order valence-corrected chi connectivity index (χ2v) is 3.78. The van der Waals surface area contributed by atoms with Crippen LogP contribution in [0.2, 0.25) is 0 Å². The van der Waals surface area contributed by atoms with Gasteiger partial charge in [0.05, 0.1) is 11.3 Å². The van der Waals surface area contributed by atoms with Crippen molar-refractivity contribution in [3.05, 3.63) is 53.8 Å². The molecule has 0 aliphatic carbocycles. The van der Waals surface area contributed by atoms with E-state index in [0.717, 1.165) is 24.3 Å². The third kappa shape index (κ3) is 2.96. The van der Waals surface area contributed by atoms with Crippen molar-refractivity contribution in [2.24, 2.45) is 0 Å². The molecule has 0 radical (unpaired) electrons. The van der Waals surface area contributed by atoms with E-state index in [4.69, 9.17) is 10.5 Å². The summed E-state index contributed by atoms with van der Waals surface area (Å²) in [4.78, 5) is 0. The highest BCUT2D eigenvalue weighted by Crippen LogP contribution is 2.39. The lowest BCUT2D eigenvalue weighted by molar-refractivity contribution is -0.138. The van der Waals surface area contributed by atoms with Crippen molar-refractivity contribution < 1.29 is 22.3 Å². The first-order valence-electron chi connectivity index (χ1n) is 5.27. The molecule has 19 heavy (non-hydrogen) atoms. The maximum Gasteiger partial charge on any atom is 0.419 e. The topological polar surface area (TPSA) is 35.2 Å². The van der Waals surface area contributed by atoms with Gasteiger partial charge >= 0.3 is 6.18 Å². The first-order valence-corrected chi connectivity index (χ1v) is 5.27. The van der Waals surface area contributed by atoms with Crippen LogP contribution in [0.15, 0.2) is 42.5 Å². The van der Waals surface area contributed by atoms with Gasteiger partial charge in [0.15, 0.2) is 5.75 Å². The molecule has 0 atom stereocenters. The second-order valence-electron chi connectivity index (χ2n) is 3.78. The zero-order chi connectivity index (χ0) is 14.0. The number of nitrogens with two attached hydrogens (primary N) is 1. The van der Waals surface area contributed by atoms with Gasteiger partial charge in [-0.05, 0) is 24.3 Å². The first kappa shape index (κ1) is 13.2. The molecule has 0 saturated heterocycles. The van der Waals surface area contributed by atoms with Crippen molar-refractivity contribution >= 4 is 5.69 Å². The molecule has 0 saturated carbocycles. The Labute approximate surface area is 106 Å². The highest BCUT2D eigenvalue weighted by atomic mass is 19.4. The van der Waals surface area contributed by atoms with E-state index in [1.165, 1.54) is 18.2 Å². The van der Waals surface area contributed by atoms with Gasteiger partial charge in [0.2, 0.25) is 0 Å². The van der Waals surface area contributed by atoms with Gasteiger partial charge in [0.25, 0.3) is 0 Å². The Kier molecular flexibility index (Phi) is 3.33. The van der Waals surface area contributed by atoms with E-state index in [9.17, 15) is 17.6 Å². The summed E-state index contributed by atoms with van der Waals surface area (Å²) in [5, 5.41) is 0. The molecule has 2 nitrogen and oxygen atoms in total. The number of rotatable bonds is 2. The van der Waals surface area contributed by atoms with Crippen LogP contribution in [-0.4, -0.2) is 0 Å². The van der Waals surface area contributed by atoms with Gasteiger partial charge in [-0.1, -0.05) is 12.1 Å². The Hall–Kier alpha value is -2.24. The summed E-state index contributed by atoms with van der Waals surface area (Å²) in [6.07, 6.45) is -4.56. The molecule has 0 bridgehead atoms. The van der Waals surface area contributed by atoms with E-state index in [1.54, 1.807) is 0 Å². The lowest BCUT2D eigenvalue weighted by atomic mass is 10.2. The third-order valence-electron chi connectivity index (χ3n) is 2.39. The van der Waals surface area contributed by atoms with Crippen LogP contribution in [0.1, 0.15) is 5.56 Å². The van der Waals surface area contributed by atoms with E-state index >= 15 is 0 Å². The summed E-state index contributed by atoms with van der Waals surface area (Å²) in [5.41, 5.74) is 4.63. The van der Waals surface area contributed by atoms with Crippen molar-refractivity contribution in [1.82, 2.24) is 0 Å². The highest BCUT2D eigenvalue weighted by Gasteiger charge is 2.34. The zero-order valence-electron chi connectivity index (χ0n) is 9.54. The molecule has 2 N–H and O–H groups in total. The highest BCUT2D eigenvalue weighted by molar-refractivity contribution is 5.54. The maximum atomic E-state index is 13.0. The molecule has 0 aliphatic heterocycles. The summed E-state index contributed by atoms with van der Waals surface area (Å²) >= 11 is 0. The molecule has 2 aromatic carbocycles. The van der Waals surface area contributed by atoms with Crippen LogP contribution >= 0.6 is 0 Å². The molecule has 0 unspecified atom stereocenters. The van der Waals surface area contributed by atoms with Crippen LogP contribution in [0.25, 0.3) is 0 Å². The lowest BCUT2D eigenvalue weighted by Crippen LogP contribution is -2.07. The summed E-state index contributed by atoms with van der Waals surface area (Å²) in [6, 6.07) is 7.91. The summed E-state index contributed by atoms with van der Waals surface area (Å²) in [6.45, 7) is 0. The quantitative estimate of drug-likeness (QED) is 0.655. The SMILES string of the molecule is Nc1ccc(F)cc1Oc1ccccc1C(F)(F)F. The van der Waals surface area contributed by atoms with E-state index < -0.39 is 23.3 Å². The van der Waals surface area contributed by atoms with E-state index in [1.807, 2.05) is 0 Å². The third-order valence-corrected chi connectivity index (χ3v) is 2.39. The predicted octanol–water partition coefficient (Wildman–Crippen LogP) is 4.22. The Morgan fingerprint density at radius 2 is 1.63 bits per heavy atom. The van der Waals surface area contributed by atoms with Gasteiger partial charge in [0.1, 0.15) is 11.6 Å². The number of hydrogen-bond acceptors (Lipinski definition) is 2. The number of anilines is 1. The average molecular weight is 271 g/mol.